The second-order valence-electron chi connectivity index (χ2n) is 9.34. The molecule has 1 N–H and O–H groups in total. The Morgan fingerprint density at radius 2 is 1.74 bits per heavy atom. The Morgan fingerprint density at radius 3 is 2.35 bits per heavy atom. The Kier molecular flexibility index (Phi) is 6.39. The number of rotatable bonds is 5. The summed E-state index contributed by atoms with van der Waals surface area (Å²) in [6.45, 7) is 10.7. The number of nitrogens with zero attached hydrogens (tertiary/aromatic N) is 5. The number of fused-ring (bicyclic) bond motifs is 1. The molecule has 1 aliphatic rings. The second-order valence-corrected chi connectivity index (χ2v) is 11.2. The van der Waals surface area contributed by atoms with Gasteiger partial charge in [0, 0.05) is 37.9 Å². The van der Waals surface area contributed by atoms with Crippen molar-refractivity contribution in [2.24, 2.45) is 0 Å². The number of aromatic hydroxyl groups is 1. The zero-order valence-corrected chi connectivity index (χ0v) is 21.0. The van der Waals surface area contributed by atoms with Crippen molar-refractivity contribution < 1.29 is 18.3 Å². The molecule has 34 heavy (non-hydrogen) atoms. The maximum absolute atomic E-state index is 13.5. The van der Waals surface area contributed by atoms with Gasteiger partial charge in [-0.2, -0.15) is 9.40 Å². The van der Waals surface area contributed by atoms with Gasteiger partial charge >= 0.3 is 0 Å². The number of phenolic OH excluding ortho intramolecular Hbond substituents is 1. The molecule has 10 heteroatoms. The summed E-state index contributed by atoms with van der Waals surface area (Å²) < 4.78 is 29.4. The van der Waals surface area contributed by atoms with Gasteiger partial charge in [0.15, 0.2) is 5.65 Å². The number of amides is 1. The van der Waals surface area contributed by atoms with Gasteiger partial charge < -0.3 is 10.0 Å². The number of pyridine rings is 1. The molecule has 0 bridgehead atoms. The van der Waals surface area contributed by atoms with E-state index < -0.39 is 10.0 Å². The summed E-state index contributed by atoms with van der Waals surface area (Å²) in [4.78, 5) is 19.9. The quantitative estimate of drug-likeness (QED) is 0.594. The van der Waals surface area contributed by atoms with E-state index in [0.29, 0.717) is 16.6 Å². The van der Waals surface area contributed by atoms with Crippen LogP contribution in [0.4, 0.5) is 0 Å². The monoisotopic (exact) mass is 485 g/mol. The van der Waals surface area contributed by atoms with Gasteiger partial charge in [0.05, 0.1) is 17.1 Å². The number of carbonyl (C=O) groups excluding carboxylic acids is 1. The highest BCUT2D eigenvalue weighted by atomic mass is 32.2. The summed E-state index contributed by atoms with van der Waals surface area (Å²) in [6.07, 6.45) is 1.68. The predicted octanol–water partition coefficient (Wildman–Crippen LogP) is 3.30. The van der Waals surface area contributed by atoms with Gasteiger partial charge in [-0.25, -0.2) is 18.1 Å². The van der Waals surface area contributed by atoms with E-state index in [9.17, 15) is 18.3 Å². The lowest BCUT2D eigenvalue weighted by Gasteiger charge is -2.34. The molecule has 0 unspecified atom stereocenters. The van der Waals surface area contributed by atoms with Gasteiger partial charge in [-0.05, 0) is 50.5 Å². The summed E-state index contributed by atoms with van der Waals surface area (Å²) in [5, 5.41) is 15.3. The summed E-state index contributed by atoms with van der Waals surface area (Å²) >= 11 is 0. The Hall–Kier alpha value is -2.98. The minimum atomic E-state index is -3.87. The molecule has 9 nitrogen and oxygen atoms in total. The molecule has 3 heterocycles. The molecule has 0 aliphatic carbocycles. The van der Waals surface area contributed by atoms with Crippen LogP contribution >= 0.6 is 0 Å². The van der Waals surface area contributed by atoms with Crippen LogP contribution in [0.25, 0.3) is 11.0 Å². The molecule has 1 aromatic carbocycles. The summed E-state index contributed by atoms with van der Waals surface area (Å²) in [5.74, 6) is -0.296. The highest BCUT2D eigenvalue weighted by Gasteiger charge is 2.33. The largest absolute Gasteiger partial charge is 0.507 e. The van der Waals surface area contributed by atoms with Crippen LogP contribution in [0.2, 0.25) is 0 Å². The molecule has 0 saturated carbocycles. The summed E-state index contributed by atoms with van der Waals surface area (Å²) in [6, 6.07) is 6.45. The molecule has 182 valence electrons. The van der Waals surface area contributed by atoms with E-state index >= 15 is 0 Å². The smallest absolute Gasteiger partial charge is 0.254 e. The van der Waals surface area contributed by atoms with Crippen LogP contribution in [0, 0.1) is 6.92 Å². The molecule has 0 atom stereocenters. The first kappa shape index (κ1) is 24.2. The summed E-state index contributed by atoms with van der Waals surface area (Å²) in [7, 11) is -3.87. The van der Waals surface area contributed by atoms with Gasteiger partial charge in [0.25, 0.3) is 5.91 Å². The van der Waals surface area contributed by atoms with Crippen molar-refractivity contribution in [2.75, 3.05) is 26.2 Å². The lowest BCUT2D eigenvalue weighted by Crippen LogP contribution is -2.50. The van der Waals surface area contributed by atoms with Crippen LogP contribution in [-0.4, -0.2) is 69.6 Å². The van der Waals surface area contributed by atoms with E-state index in [1.54, 1.807) is 24.1 Å². The first-order valence-corrected chi connectivity index (χ1v) is 12.9. The number of carbonyl (C=O) groups is 1. The standard InChI is InChI=1S/C24H31N5O4S/c1-15(2)20-13-18(19-14-25-29(16(3)4)23(19)26-20)24(31)27-8-10-28(11-9-27)34(32,33)22-12-17(5)6-7-21(22)30/h6-7,12-16,30H,8-11H2,1-5H3. The maximum atomic E-state index is 13.5. The van der Waals surface area contributed by atoms with Crippen molar-refractivity contribution in [3.05, 3.63) is 47.3 Å². The molecular weight excluding hydrogens is 454 g/mol. The lowest BCUT2D eigenvalue weighted by molar-refractivity contribution is 0.0699. The molecule has 2 aromatic heterocycles. The van der Waals surface area contributed by atoms with Crippen molar-refractivity contribution in [3.8, 4) is 5.75 Å². The first-order chi connectivity index (χ1) is 16.0. The van der Waals surface area contributed by atoms with E-state index in [2.05, 4.69) is 5.10 Å². The molecule has 1 saturated heterocycles. The number of benzene rings is 1. The van der Waals surface area contributed by atoms with E-state index in [-0.39, 0.29) is 54.7 Å². The van der Waals surface area contributed by atoms with E-state index in [0.717, 1.165) is 11.3 Å². The van der Waals surface area contributed by atoms with Gasteiger partial charge in [-0.3, -0.25) is 4.79 Å². The zero-order valence-electron chi connectivity index (χ0n) is 20.2. The van der Waals surface area contributed by atoms with Crippen molar-refractivity contribution in [3.63, 3.8) is 0 Å². The molecule has 1 fully saturated rings. The highest BCUT2D eigenvalue weighted by Crippen LogP contribution is 2.29. The first-order valence-electron chi connectivity index (χ1n) is 11.5. The second kappa shape index (κ2) is 8.99. The third-order valence-electron chi connectivity index (χ3n) is 6.16. The van der Waals surface area contributed by atoms with Crippen molar-refractivity contribution in [2.45, 2.75) is 51.5 Å². The predicted molar refractivity (Wildman–Crippen MR) is 130 cm³/mol. The molecule has 0 radical (unpaired) electrons. The number of phenols is 1. The van der Waals surface area contributed by atoms with Crippen LogP contribution in [0.3, 0.4) is 0 Å². The number of hydrogen-bond donors (Lipinski definition) is 1. The van der Waals surface area contributed by atoms with E-state index in [4.69, 9.17) is 4.98 Å². The van der Waals surface area contributed by atoms with E-state index in [1.807, 2.05) is 38.4 Å². The molecule has 1 amide bonds. The van der Waals surface area contributed by atoms with E-state index in [1.165, 1.54) is 16.4 Å². The molecular formula is C24H31N5O4S. The lowest BCUT2D eigenvalue weighted by atomic mass is 10.0. The van der Waals surface area contributed by atoms with Crippen LogP contribution in [0.15, 0.2) is 35.4 Å². The van der Waals surface area contributed by atoms with Crippen molar-refractivity contribution >= 4 is 27.0 Å². The maximum Gasteiger partial charge on any atom is 0.254 e. The minimum absolute atomic E-state index is 0.0992. The Bertz CT molecular complexity index is 1340. The average Bonchev–Trinajstić information content (AvgIpc) is 3.24. The molecule has 1 aliphatic heterocycles. The van der Waals surface area contributed by atoms with Crippen LogP contribution in [-0.2, 0) is 10.0 Å². The van der Waals surface area contributed by atoms with Crippen LogP contribution in [0.5, 0.6) is 5.75 Å². The van der Waals surface area contributed by atoms with Crippen molar-refractivity contribution in [1.82, 2.24) is 24.0 Å². The number of hydrogen-bond acceptors (Lipinski definition) is 6. The van der Waals surface area contributed by atoms with Gasteiger partial charge in [0.1, 0.15) is 10.6 Å². The topological polar surface area (TPSA) is 109 Å². The molecule has 0 spiro atoms. The Balaban J connectivity index is 1.60. The fourth-order valence-electron chi connectivity index (χ4n) is 4.16. The van der Waals surface area contributed by atoms with Crippen LogP contribution < -0.4 is 0 Å². The Labute approximate surface area is 200 Å². The summed E-state index contributed by atoms with van der Waals surface area (Å²) in [5.41, 5.74) is 2.78. The fraction of sp³-hybridized carbons (Fsp3) is 0.458. The number of aromatic nitrogens is 3. The minimum Gasteiger partial charge on any atom is -0.507 e. The highest BCUT2D eigenvalue weighted by molar-refractivity contribution is 7.89. The Morgan fingerprint density at radius 1 is 1.06 bits per heavy atom. The van der Waals surface area contributed by atoms with Gasteiger partial charge in [-0.15, -0.1) is 0 Å². The third-order valence-corrected chi connectivity index (χ3v) is 8.08. The molecule has 4 rings (SSSR count). The number of sulfonamides is 1. The van der Waals surface area contributed by atoms with Gasteiger partial charge in [0.2, 0.25) is 10.0 Å². The normalized spacial score (nSPS) is 15.6. The average molecular weight is 486 g/mol. The molecule has 3 aromatic rings. The number of aryl methyl sites for hydroxylation is 1. The van der Waals surface area contributed by atoms with Crippen LogP contribution in [0.1, 0.15) is 61.3 Å². The zero-order chi connectivity index (χ0) is 24.8. The van der Waals surface area contributed by atoms with Gasteiger partial charge in [-0.1, -0.05) is 19.9 Å². The third kappa shape index (κ3) is 4.27. The number of piperazine rings is 1. The van der Waals surface area contributed by atoms with Crippen molar-refractivity contribution in [1.29, 1.82) is 0 Å². The fourth-order valence-corrected chi connectivity index (χ4v) is 5.75. The SMILES string of the molecule is Cc1ccc(O)c(S(=O)(=O)N2CCN(C(=O)c3cc(C(C)C)nc4c3cnn4C(C)C)CC2)c1.